The first-order chi connectivity index (χ1) is 26.0. The number of pyridine rings is 2. The molecule has 0 N–H and O–H groups in total. The minimum atomic E-state index is 0.789. The number of aromatic nitrogens is 2. The van der Waals surface area contributed by atoms with Crippen molar-refractivity contribution in [3.05, 3.63) is 47.0 Å². The van der Waals surface area contributed by atoms with Crippen LogP contribution in [-0.2, 0) is 25.7 Å². The Kier molecular flexibility index (Phi) is 16.5. The molecule has 0 aliphatic heterocycles. The number of unbranched alkanes of at least 4 members (excludes halogenated alkanes) is 2. The zero-order valence-corrected chi connectivity index (χ0v) is 35.0. The molecule has 0 aromatic carbocycles. The Morgan fingerprint density at radius 3 is 1.11 bits per heavy atom. The van der Waals surface area contributed by atoms with Gasteiger partial charge in [-0.1, -0.05) is 91.9 Å². The van der Waals surface area contributed by atoms with Gasteiger partial charge < -0.3 is 4.74 Å². The van der Waals surface area contributed by atoms with Crippen LogP contribution in [0.25, 0.3) is 0 Å². The summed E-state index contributed by atoms with van der Waals surface area (Å²) in [6.07, 6.45) is 42.4. The van der Waals surface area contributed by atoms with Gasteiger partial charge in [-0.05, 0) is 186 Å². The number of hydrogen-bond donors (Lipinski definition) is 0. The fourth-order valence-corrected chi connectivity index (χ4v) is 11.8. The first kappa shape index (κ1) is 40.8. The van der Waals surface area contributed by atoms with Crippen LogP contribution in [0.2, 0.25) is 0 Å². The van der Waals surface area contributed by atoms with Gasteiger partial charge in [-0.25, -0.2) is 0 Å². The van der Waals surface area contributed by atoms with E-state index in [9.17, 15) is 0 Å². The summed E-state index contributed by atoms with van der Waals surface area (Å²) in [4.78, 5) is 10.2. The molecule has 0 amide bonds. The standard InChI is InChI=1S/C50H80N2O/c1-5-9-13-49-45(31-39-19-27-43(28-20-39)41-23-15-37(11-7-3)16-24-41)33-47(35-51-49)53-48-34-46(50(52-36-48)14-10-6-2)32-40-21-29-44(30-22-40)42-25-17-38(12-8-4)18-26-42/h33-44H,5-32H2,1-4H3. The first-order valence-electron chi connectivity index (χ1n) is 23.7. The van der Waals surface area contributed by atoms with Gasteiger partial charge in [0, 0.05) is 11.4 Å². The van der Waals surface area contributed by atoms with Crippen LogP contribution >= 0.6 is 0 Å². The highest BCUT2D eigenvalue weighted by Gasteiger charge is 2.32. The average Bonchev–Trinajstić information content (AvgIpc) is 3.19. The Morgan fingerprint density at radius 2 is 0.792 bits per heavy atom. The number of ether oxygens (including phenoxy) is 1. The van der Waals surface area contributed by atoms with Gasteiger partial charge in [0.1, 0.15) is 11.5 Å². The number of aryl methyl sites for hydroxylation is 2. The van der Waals surface area contributed by atoms with Crippen molar-refractivity contribution < 1.29 is 4.74 Å². The van der Waals surface area contributed by atoms with E-state index in [1.54, 1.807) is 0 Å². The predicted octanol–water partition coefficient (Wildman–Crippen LogP) is 14.9. The van der Waals surface area contributed by atoms with E-state index >= 15 is 0 Å². The molecule has 4 fully saturated rings. The van der Waals surface area contributed by atoms with Gasteiger partial charge in [0.25, 0.3) is 0 Å². The molecule has 0 spiro atoms. The summed E-state index contributed by atoms with van der Waals surface area (Å²) < 4.78 is 6.68. The molecule has 296 valence electrons. The van der Waals surface area contributed by atoms with Crippen molar-refractivity contribution in [3.63, 3.8) is 0 Å². The molecule has 2 aromatic heterocycles. The predicted molar refractivity (Wildman–Crippen MR) is 225 cm³/mol. The summed E-state index contributed by atoms with van der Waals surface area (Å²) in [6, 6.07) is 4.72. The minimum Gasteiger partial charge on any atom is -0.454 e. The lowest BCUT2D eigenvalue weighted by molar-refractivity contribution is 0.143. The van der Waals surface area contributed by atoms with Gasteiger partial charge in [-0.3, -0.25) is 9.97 Å². The highest BCUT2D eigenvalue weighted by atomic mass is 16.5. The monoisotopic (exact) mass is 725 g/mol. The van der Waals surface area contributed by atoms with Crippen LogP contribution in [0.1, 0.15) is 204 Å². The fraction of sp³-hybridized carbons (Fsp3) is 0.800. The molecule has 2 heterocycles. The van der Waals surface area contributed by atoms with E-state index in [0.29, 0.717) is 0 Å². The minimum absolute atomic E-state index is 0.789. The summed E-state index contributed by atoms with van der Waals surface area (Å²) in [7, 11) is 0. The van der Waals surface area contributed by atoms with Crippen LogP contribution < -0.4 is 4.74 Å². The van der Waals surface area contributed by atoms with Crippen molar-refractivity contribution >= 4 is 0 Å². The van der Waals surface area contributed by atoms with Gasteiger partial charge in [-0.2, -0.15) is 0 Å². The SMILES string of the molecule is CCCCc1ncc(Oc2cnc(CCCC)c(CC3CCC(C4CCC(CCC)CC4)CC3)c2)cc1CC1CCC(C2CCC(CCC)CC2)CC1. The van der Waals surface area contributed by atoms with E-state index in [1.165, 1.54) is 189 Å². The molecule has 4 aliphatic rings. The van der Waals surface area contributed by atoms with E-state index in [2.05, 4.69) is 39.8 Å². The van der Waals surface area contributed by atoms with Crippen LogP contribution in [0, 0.1) is 47.3 Å². The fourth-order valence-electron chi connectivity index (χ4n) is 11.8. The Bertz CT molecular complexity index is 1220. The molecule has 0 unspecified atom stereocenters. The topological polar surface area (TPSA) is 35.0 Å². The van der Waals surface area contributed by atoms with Gasteiger partial charge in [-0.15, -0.1) is 0 Å². The second-order valence-corrected chi connectivity index (χ2v) is 19.0. The molecular weight excluding hydrogens is 645 g/mol. The normalized spacial score (nSPS) is 29.6. The summed E-state index contributed by atoms with van der Waals surface area (Å²) in [6.45, 7) is 9.32. The third kappa shape index (κ3) is 12.0. The Balaban J connectivity index is 1.06. The maximum atomic E-state index is 6.68. The Labute approximate surface area is 327 Å². The largest absolute Gasteiger partial charge is 0.454 e. The van der Waals surface area contributed by atoms with Crippen molar-refractivity contribution in [2.24, 2.45) is 47.3 Å². The van der Waals surface area contributed by atoms with E-state index in [0.717, 1.165) is 71.7 Å². The van der Waals surface area contributed by atoms with Gasteiger partial charge in [0.15, 0.2) is 0 Å². The zero-order valence-electron chi connectivity index (χ0n) is 35.0. The van der Waals surface area contributed by atoms with E-state index in [-0.39, 0.29) is 0 Å². The highest BCUT2D eigenvalue weighted by Crippen LogP contribution is 2.45. The van der Waals surface area contributed by atoms with Crippen molar-refractivity contribution in [1.82, 2.24) is 9.97 Å². The number of hydrogen-bond acceptors (Lipinski definition) is 3. The first-order valence-corrected chi connectivity index (χ1v) is 23.7. The molecule has 0 atom stereocenters. The molecule has 4 saturated carbocycles. The molecule has 0 bridgehead atoms. The molecule has 2 aromatic rings. The molecule has 53 heavy (non-hydrogen) atoms. The van der Waals surface area contributed by atoms with E-state index in [4.69, 9.17) is 14.7 Å². The van der Waals surface area contributed by atoms with Crippen molar-refractivity contribution in [1.29, 1.82) is 0 Å². The Morgan fingerprint density at radius 1 is 0.453 bits per heavy atom. The molecular formula is C50H80N2O. The molecule has 0 radical (unpaired) electrons. The third-order valence-corrected chi connectivity index (χ3v) is 15.1. The summed E-state index contributed by atoms with van der Waals surface area (Å²) in [5, 5.41) is 0. The van der Waals surface area contributed by atoms with Gasteiger partial charge in [0.2, 0.25) is 0 Å². The van der Waals surface area contributed by atoms with Crippen LogP contribution in [-0.4, -0.2) is 9.97 Å². The van der Waals surface area contributed by atoms with Crippen LogP contribution in [0.15, 0.2) is 24.5 Å². The summed E-state index contributed by atoms with van der Waals surface area (Å²) in [5.41, 5.74) is 5.52. The van der Waals surface area contributed by atoms with E-state index < -0.39 is 0 Å². The van der Waals surface area contributed by atoms with Gasteiger partial charge in [0.05, 0.1) is 12.4 Å². The lowest BCUT2D eigenvalue weighted by Gasteiger charge is -2.38. The van der Waals surface area contributed by atoms with Crippen LogP contribution in [0.5, 0.6) is 11.5 Å². The summed E-state index contributed by atoms with van der Waals surface area (Å²) >= 11 is 0. The highest BCUT2D eigenvalue weighted by molar-refractivity contribution is 5.36. The molecule has 0 saturated heterocycles. The zero-order chi connectivity index (χ0) is 36.8. The lowest BCUT2D eigenvalue weighted by atomic mass is 9.68. The van der Waals surface area contributed by atoms with E-state index in [1.807, 2.05) is 12.4 Å². The second-order valence-electron chi connectivity index (χ2n) is 19.0. The maximum absolute atomic E-state index is 6.68. The lowest BCUT2D eigenvalue weighted by Crippen LogP contribution is -2.26. The van der Waals surface area contributed by atoms with Crippen molar-refractivity contribution in [3.8, 4) is 11.5 Å². The van der Waals surface area contributed by atoms with Crippen LogP contribution in [0.3, 0.4) is 0 Å². The number of rotatable bonds is 18. The van der Waals surface area contributed by atoms with Gasteiger partial charge >= 0.3 is 0 Å². The second kappa shape index (κ2) is 21.4. The quantitative estimate of drug-likeness (QED) is 0.154. The molecule has 3 nitrogen and oxygen atoms in total. The average molecular weight is 725 g/mol. The maximum Gasteiger partial charge on any atom is 0.146 e. The molecule has 6 rings (SSSR count). The molecule has 4 aliphatic carbocycles. The van der Waals surface area contributed by atoms with Crippen LogP contribution in [0.4, 0.5) is 0 Å². The van der Waals surface area contributed by atoms with Crippen molar-refractivity contribution in [2.75, 3.05) is 0 Å². The smallest absolute Gasteiger partial charge is 0.146 e. The Hall–Kier alpha value is -1.90. The summed E-state index contributed by atoms with van der Waals surface area (Å²) in [5.74, 6) is 9.40. The number of nitrogens with zero attached hydrogens (tertiary/aromatic N) is 2. The molecule has 3 heteroatoms. The third-order valence-electron chi connectivity index (χ3n) is 15.1. The van der Waals surface area contributed by atoms with Crippen molar-refractivity contribution in [2.45, 2.75) is 207 Å².